The van der Waals surface area contributed by atoms with Gasteiger partial charge in [-0.2, -0.15) is 0 Å². The Labute approximate surface area is 126 Å². The van der Waals surface area contributed by atoms with E-state index in [1.807, 2.05) is 26.0 Å². The van der Waals surface area contributed by atoms with E-state index in [0.29, 0.717) is 11.3 Å². The molecule has 0 bridgehead atoms. The Balaban J connectivity index is 2.33. The van der Waals surface area contributed by atoms with Crippen molar-refractivity contribution >= 4 is 38.9 Å². The van der Waals surface area contributed by atoms with Gasteiger partial charge in [0, 0.05) is 15.7 Å². The molecule has 0 unspecified atom stereocenters. The number of halogens is 1. The van der Waals surface area contributed by atoms with E-state index in [9.17, 15) is 4.79 Å². The summed E-state index contributed by atoms with van der Waals surface area (Å²) in [6.45, 7) is 4.06. The molecule has 5 N–H and O–H groups in total. The van der Waals surface area contributed by atoms with Gasteiger partial charge < -0.3 is 16.8 Å². The average molecular weight is 334 g/mol. The number of aryl methyl sites for hydroxylation is 2. The van der Waals surface area contributed by atoms with Crippen LogP contribution in [0, 0.1) is 13.8 Å². The Morgan fingerprint density at radius 2 is 1.75 bits per heavy atom. The van der Waals surface area contributed by atoms with Crippen molar-refractivity contribution in [3.05, 3.63) is 51.5 Å². The number of benzene rings is 2. The lowest BCUT2D eigenvalue weighted by molar-refractivity contribution is 0.100. The maximum atomic E-state index is 11.1. The number of hydrogen-bond donors (Lipinski definition) is 3. The summed E-state index contributed by atoms with van der Waals surface area (Å²) in [6.07, 6.45) is 0. The molecule has 0 saturated carbocycles. The highest BCUT2D eigenvalue weighted by Crippen LogP contribution is 2.29. The SMILES string of the molecule is Cc1cc(Nc2ccc(C(N)=O)cc2N)cc(C)c1Br. The van der Waals surface area contributed by atoms with Gasteiger partial charge in [-0.3, -0.25) is 4.79 Å². The van der Waals surface area contributed by atoms with Gasteiger partial charge in [0.2, 0.25) is 5.91 Å². The smallest absolute Gasteiger partial charge is 0.248 e. The molecule has 1 amide bonds. The van der Waals surface area contributed by atoms with E-state index in [0.717, 1.165) is 27.0 Å². The van der Waals surface area contributed by atoms with Gasteiger partial charge in [-0.25, -0.2) is 0 Å². The molecule has 4 nitrogen and oxygen atoms in total. The third-order valence-electron chi connectivity index (χ3n) is 3.05. The van der Waals surface area contributed by atoms with Crippen molar-refractivity contribution < 1.29 is 4.79 Å². The van der Waals surface area contributed by atoms with Gasteiger partial charge in [0.05, 0.1) is 11.4 Å². The molecule has 0 spiro atoms. The van der Waals surface area contributed by atoms with Gasteiger partial charge >= 0.3 is 0 Å². The fourth-order valence-corrected chi connectivity index (χ4v) is 2.23. The third kappa shape index (κ3) is 2.93. The zero-order valence-corrected chi connectivity index (χ0v) is 12.9. The van der Waals surface area contributed by atoms with Crippen LogP contribution < -0.4 is 16.8 Å². The lowest BCUT2D eigenvalue weighted by atomic mass is 10.1. The van der Waals surface area contributed by atoms with E-state index in [-0.39, 0.29) is 0 Å². The molecule has 0 heterocycles. The molecule has 0 aliphatic carbocycles. The van der Waals surface area contributed by atoms with E-state index in [2.05, 4.69) is 21.2 Å². The quantitative estimate of drug-likeness (QED) is 0.752. The molecule has 2 rings (SSSR count). The Kier molecular flexibility index (Phi) is 3.99. The maximum absolute atomic E-state index is 11.1. The summed E-state index contributed by atoms with van der Waals surface area (Å²) >= 11 is 3.53. The summed E-state index contributed by atoms with van der Waals surface area (Å²) in [4.78, 5) is 11.1. The first kappa shape index (κ1) is 14.4. The second-order valence-corrected chi connectivity index (χ2v) is 5.51. The fraction of sp³-hybridized carbons (Fsp3) is 0.133. The molecule has 0 atom stereocenters. The first-order chi connectivity index (χ1) is 9.38. The Bertz CT molecular complexity index is 660. The number of carbonyl (C=O) groups is 1. The minimum absolute atomic E-state index is 0.399. The average Bonchev–Trinajstić information content (AvgIpc) is 2.38. The monoisotopic (exact) mass is 333 g/mol. The number of carbonyl (C=O) groups excluding carboxylic acids is 1. The van der Waals surface area contributed by atoms with Crippen LogP contribution in [0.1, 0.15) is 21.5 Å². The van der Waals surface area contributed by atoms with Gasteiger partial charge in [-0.1, -0.05) is 15.9 Å². The Morgan fingerprint density at radius 1 is 1.15 bits per heavy atom. The van der Waals surface area contributed by atoms with Gasteiger partial charge in [0.25, 0.3) is 0 Å². The van der Waals surface area contributed by atoms with E-state index in [4.69, 9.17) is 11.5 Å². The highest BCUT2D eigenvalue weighted by atomic mass is 79.9. The van der Waals surface area contributed by atoms with Gasteiger partial charge in [0.15, 0.2) is 0 Å². The van der Waals surface area contributed by atoms with Crippen molar-refractivity contribution in [1.82, 2.24) is 0 Å². The molecular formula is C15H16BrN3O. The number of nitrogens with one attached hydrogen (secondary N) is 1. The topological polar surface area (TPSA) is 81.1 Å². The molecule has 0 radical (unpaired) electrons. The fourth-order valence-electron chi connectivity index (χ4n) is 2.00. The van der Waals surface area contributed by atoms with Crippen LogP contribution in [0.15, 0.2) is 34.8 Å². The summed E-state index contributed by atoms with van der Waals surface area (Å²) in [5, 5.41) is 3.25. The summed E-state index contributed by atoms with van der Waals surface area (Å²) in [6, 6.07) is 9.03. The summed E-state index contributed by atoms with van der Waals surface area (Å²) in [5.74, 6) is -0.487. The number of amides is 1. The lowest BCUT2D eigenvalue weighted by Gasteiger charge is -2.13. The minimum Gasteiger partial charge on any atom is -0.397 e. The molecule has 0 aliphatic heterocycles. The molecule has 20 heavy (non-hydrogen) atoms. The van der Waals surface area contributed by atoms with Crippen molar-refractivity contribution in [2.75, 3.05) is 11.1 Å². The molecule has 104 valence electrons. The van der Waals surface area contributed by atoms with Crippen LogP contribution in [-0.2, 0) is 0 Å². The van der Waals surface area contributed by atoms with E-state index < -0.39 is 5.91 Å². The Morgan fingerprint density at radius 3 is 2.25 bits per heavy atom. The second-order valence-electron chi connectivity index (χ2n) is 4.72. The maximum Gasteiger partial charge on any atom is 0.248 e. The molecular weight excluding hydrogens is 318 g/mol. The van der Waals surface area contributed by atoms with Crippen molar-refractivity contribution in [3.63, 3.8) is 0 Å². The van der Waals surface area contributed by atoms with Crippen molar-refractivity contribution in [1.29, 1.82) is 0 Å². The number of rotatable bonds is 3. The van der Waals surface area contributed by atoms with E-state index in [1.165, 1.54) is 0 Å². The minimum atomic E-state index is -0.487. The van der Waals surface area contributed by atoms with Crippen LogP contribution >= 0.6 is 15.9 Å². The third-order valence-corrected chi connectivity index (χ3v) is 4.30. The molecule has 0 fully saturated rings. The van der Waals surface area contributed by atoms with Crippen LogP contribution in [0.25, 0.3) is 0 Å². The number of nitrogens with two attached hydrogens (primary N) is 2. The van der Waals surface area contributed by atoms with Crippen molar-refractivity contribution in [2.45, 2.75) is 13.8 Å². The zero-order valence-electron chi connectivity index (χ0n) is 11.3. The molecule has 0 saturated heterocycles. The first-order valence-corrected chi connectivity index (χ1v) is 6.91. The van der Waals surface area contributed by atoms with E-state index >= 15 is 0 Å². The van der Waals surface area contributed by atoms with Crippen LogP contribution in [0.2, 0.25) is 0 Å². The molecule has 0 aromatic heterocycles. The van der Waals surface area contributed by atoms with Crippen LogP contribution in [0.3, 0.4) is 0 Å². The molecule has 2 aromatic rings. The number of anilines is 3. The lowest BCUT2D eigenvalue weighted by Crippen LogP contribution is -2.11. The van der Waals surface area contributed by atoms with Gasteiger partial charge in [-0.15, -0.1) is 0 Å². The summed E-state index contributed by atoms with van der Waals surface area (Å²) in [7, 11) is 0. The second kappa shape index (κ2) is 5.54. The Hall–Kier alpha value is -2.01. The summed E-state index contributed by atoms with van der Waals surface area (Å²) in [5.41, 5.74) is 16.0. The predicted octanol–water partition coefficient (Wildman–Crippen LogP) is 3.49. The van der Waals surface area contributed by atoms with Gasteiger partial charge in [-0.05, 0) is 55.3 Å². The molecule has 0 aliphatic rings. The number of nitrogen functional groups attached to an aromatic ring is 1. The van der Waals surface area contributed by atoms with E-state index in [1.54, 1.807) is 18.2 Å². The van der Waals surface area contributed by atoms with Crippen molar-refractivity contribution in [3.8, 4) is 0 Å². The highest BCUT2D eigenvalue weighted by molar-refractivity contribution is 9.10. The number of primary amides is 1. The molecule has 2 aromatic carbocycles. The number of hydrogen-bond acceptors (Lipinski definition) is 3. The van der Waals surface area contributed by atoms with Crippen molar-refractivity contribution in [2.24, 2.45) is 5.73 Å². The zero-order chi connectivity index (χ0) is 14.9. The molecule has 5 heteroatoms. The van der Waals surface area contributed by atoms with Crippen LogP contribution in [0.5, 0.6) is 0 Å². The van der Waals surface area contributed by atoms with Crippen LogP contribution in [0.4, 0.5) is 17.1 Å². The predicted molar refractivity (Wildman–Crippen MR) is 86.3 cm³/mol. The largest absolute Gasteiger partial charge is 0.397 e. The first-order valence-electron chi connectivity index (χ1n) is 6.11. The normalized spacial score (nSPS) is 10.3. The summed E-state index contributed by atoms with van der Waals surface area (Å²) < 4.78 is 1.10. The van der Waals surface area contributed by atoms with Crippen LogP contribution in [-0.4, -0.2) is 5.91 Å². The highest BCUT2D eigenvalue weighted by Gasteiger charge is 2.07. The van der Waals surface area contributed by atoms with Gasteiger partial charge in [0.1, 0.15) is 0 Å². The standard InChI is InChI=1S/C15H16BrN3O/c1-8-5-11(6-9(2)14(8)16)19-13-4-3-10(15(18)20)7-12(13)17/h3-7,19H,17H2,1-2H3,(H2,18,20).